The molecule has 1 aliphatic heterocycles. The third-order valence-electron chi connectivity index (χ3n) is 6.96. The molecule has 2 bridgehead atoms. The van der Waals surface area contributed by atoms with E-state index in [9.17, 15) is 9.59 Å². The molecular formula is C24H25NO3. The van der Waals surface area contributed by atoms with Gasteiger partial charge < -0.3 is 9.64 Å². The molecule has 0 N–H and O–H groups in total. The molecule has 3 aliphatic carbocycles. The van der Waals surface area contributed by atoms with Crippen LogP contribution in [0.3, 0.4) is 0 Å². The molecule has 0 aromatic heterocycles. The van der Waals surface area contributed by atoms with Gasteiger partial charge in [0.05, 0.1) is 12.1 Å². The summed E-state index contributed by atoms with van der Waals surface area (Å²) in [6.45, 7) is 1.27. The minimum Gasteiger partial charge on any atom is -0.370 e. The average molecular weight is 375 g/mol. The highest BCUT2D eigenvalue weighted by molar-refractivity contribution is 5.88. The van der Waals surface area contributed by atoms with E-state index in [0.29, 0.717) is 25.4 Å². The molecule has 144 valence electrons. The maximum atomic E-state index is 13.4. The number of carbonyl (C=O) groups excluding carboxylic acids is 2. The van der Waals surface area contributed by atoms with Crippen molar-refractivity contribution < 1.29 is 14.3 Å². The Bertz CT molecular complexity index is 830. The van der Waals surface area contributed by atoms with Crippen LogP contribution in [0.25, 0.3) is 0 Å². The average Bonchev–Trinajstić information content (AvgIpc) is 2.75. The van der Waals surface area contributed by atoms with Crippen molar-refractivity contribution in [3.05, 3.63) is 71.8 Å². The lowest BCUT2D eigenvalue weighted by molar-refractivity contribution is -0.162. The Morgan fingerprint density at radius 1 is 0.857 bits per heavy atom. The van der Waals surface area contributed by atoms with Crippen LogP contribution in [0.1, 0.15) is 42.2 Å². The van der Waals surface area contributed by atoms with Crippen molar-refractivity contribution in [2.75, 3.05) is 19.8 Å². The predicted octanol–water partition coefficient (Wildman–Crippen LogP) is 3.53. The summed E-state index contributed by atoms with van der Waals surface area (Å²) in [5.74, 6) is 0.620. The molecule has 28 heavy (non-hydrogen) atoms. The number of ketones is 1. The van der Waals surface area contributed by atoms with Gasteiger partial charge in [0.15, 0.2) is 0 Å². The number of benzene rings is 2. The van der Waals surface area contributed by atoms with Gasteiger partial charge in [0, 0.05) is 18.9 Å². The first-order chi connectivity index (χ1) is 13.7. The SMILES string of the molecule is O=C1CC2(N3CCOCC3=O)C[C@@H](c3ccccc3)C1[C@H](c1ccccc1)C2. The summed E-state index contributed by atoms with van der Waals surface area (Å²) in [5.41, 5.74) is 2.03. The summed E-state index contributed by atoms with van der Waals surface area (Å²) in [7, 11) is 0. The largest absolute Gasteiger partial charge is 0.370 e. The Labute approximate surface area is 165 Å². The number of carbonyl (C=O) groups is 2. The Kier molecular flexibility index (Phi) is 4.31. The first-order valence-corrected chi connectivity index (χ1v) is 10.2. The second-order valence-corrected chi connectivity index (χ2v) is 8.43. The topological polar surface area (TPSA) is 46.6 Å². The lowest BCUT2D eigenvalue weighted by Crippen LogP contribution is -2.65. The van der Waals surface area contributed by atoms with Gasteiger partial charge in [0.25, 0.3) is 0 Å². The van der Waals surface area contributed by atoms with E-state index in [-0.39, 0.29) is 30.3 Å². The fraction of sp³-hybridized carbons (Fsp3) is 0.417. The van der Waals surface area contributed by atoms with E-state index in [1.807, 2.05) is 41.3 Å². The van der Waals surface area contributed by atoms with E-state index in [2.05, 4.69) is 24.3 Å². The van der Waals surface area contributed by atoms with E-state index in [0.717, 1.165) is 12.8 Å². The number of hydrogen-bond acceptors (Lipinski definition) is 3. The second kappa shape index (κ2) is 6.85. The molecular weight excluding hydrogens is 350 g/mol. The molecule has 1 saturated heterocycles. The molecule has 0 spiro atoms. The van der Waals surface area contributed by atoms with Crippen LogP contribution >= 0.6 is 0 Å². The van der Waals surface area contributed by atoms with E-state index in [1.54, 1.807) is 0 Å². The third-order valence-corrected chi connectivity index (χ3v) is 6.96. The molecule has 4 heteroatoms. The van der Waals surface area contributed by atoms with Gasteiger partial charge in [-0.1, -0.05) is 60.7 Å². The fourth-order valence-electron chi connectivity index (χ4n) is 5.86. The van der Waals surface area contributed by atoms with Gasteiger partial charge >= 0.3 is 0 Å². The highest BCUT2D eigenvalue weighted by atomic mass is 16.5. The predicted molar refractivity (Wildman–Crippen MR) is 106 cm³/mol. The van der Waals surface area contributed by atoms with Crippen molar-refractivity contribution in [2.45, 2.75) is 36.6 Å². The quantitative estimate of drug-likeness (QED) is 0.824. The first-order valence-electron chi connectivity index (χ1n) is 10.2. The number of morpholine rings is 1. The number of Topliss-reactive ketones (excluding diaryl/α,β-unsaturated/α-hetero) is 1. The highest BCUT2D eigenvalue weighted by Crippen LogP contribution is 2.58. The van der Waals surface area contributed by atoms with Crippen molar-refractivity contribution in [3.63, 3.8) is 0 Å². The van der Waals surface area contributed by atoms with E-state index in [4.69, 9.17) is 4.74 Å². The van der Waals surface area contributed by atoms with Gasteiger partial charge in [-0.3, -0.25) is 9.59 Å². The number of amides is 1. The van der Waals surface area contributed by atoms with Crippen LogP contribution in [-0.4, -0.2) is 41.9 Å². The summed E-state index contributed by atoms with van der Waals surface area (Å²) in [5, 5.41) is 0. The molecule has 6 rings (SSSR count). The molecule has 4 fully saturated rings. The zero-order valence-corrected chi connectivity index (χ0v) is 15.9. The standard InChI is InChI=1S/C24H25NO3/c26-21-15-24(25-11-12-28-16-22(25)27)13-19(17-7-3-1-4-8-17)23(21)20(14-24)18-9-5-2-6-10-18/h1-10,19-20,23H,11-16H2/t19-,20-,23?,24?/m0/s1. The number of rotatable bonds is 3. The Morgan fingerprint density at radius 2 is 1.43 bits per heavy atom. The zero-order valence-electron chi connectivity index (χ0n) is 15.9. The van der Waals surface area contributed by atoms with Crippen LogP contribution in [0.2, 0.25) is 0 Å². The van der Waals surface area contributed by atoms with Crippen molar-refractivity contribution >= 4 is 11.7 Å². The lowest BCUT2D eigenvalue weighted by Gasteiger charge is -2.58. The van der Waals surface area contributed by atoms with E-state index < -0.39 is 5.54 Å². The van der Waals surface area contributed by atoms with Crippen LogP contribution < -0.4 is 0 Å². The summed E-state index contributed by atoms with van der Waals surface area (Å²) in [6.07, 6.45) is 2.21. The maximum absolute atomic E-state index is 13.4. The molecule has 2 aromatic carbocycles. The van der Waals surface area contributed by atoms with Crippen molar-refractivity contribution in [1.29, 1.82) is 0 Å². The minimum absolute atomic E-state index is 0.0113. The van der Waals surface area contributed by atoms with Gasteiger partial charge in [-0.25, -0.2) is 0 Å². The van der Waals surface area contributed by atoms with Crippen molar-refractivity contribution in [2.24, 2.45) is 5.92 Å². The summed E-state index contributed by atoms with van der Waals surface area (Å²) >= 11 is 0. The molecule has 4 aliphatic rings. The lowest BCUT2D eigenvalue weighted by atomic mass is 9.52. The highest BCUT2D eigenvalue weighted by Gasteiger charge is 2.58. The molecule has 4 nitrogen and oxygen atoms in total. The Balaban J connectivity index is 1.61. The van der Waals surface area contributed by atoms with Crippen LogP contribution in [0.15, 0.2) is 60.7 Å². The second-order valence-electron chi connectivity index (χ2n) is 8.43. The maximum Gasteiger partial charge on any atom is 0.249 e. The number of nitrogens with zero attached hydrogens (tertiary/aromatic N) is 1. The third kappa shape index (κ3) is 2.78. The van der Waals surface area contributed by atoms with Gasteiger partial charge in [-0.05, 0) is 35.8 Å². The van der Waals surface area contributed by atoms with E-state index in [1.165, 1.54) is 11.1 Å². The van der Waals surface area contributed by atoms with Crippen LogP contribution in [0, 0.1) is 5.92 Å². The van der Waals surface area contributed by atoms with Gasteiger partial charge in [0.1, 0.15) is 12.4 Å². The molecule has 3 saturated carbocycles. The van der Waals surface area contributed by atoms with Crippen LogP contribution in [-0.2, 0) is 14.3 Å². The first kappa shape index (κ1) is 17.6. The smallest absolute Gasteiger partial charge is 0.249 e. The molecule has 1 amide bonds. The molecule has 0 unspecified atom stereocenters. The summed E-state index contributed by atoms with van der Waals surface area (Å²) in [4.78, 5) is 28.1. The summed E-state index contributed by atoms with van der Waals surface area (Å²) in [6, 6.07) is 20.8. The van der Waals surface area contributed by atoms with Crippen molar-refractivity contribution in [3.8, 4) is 0 Å². The van der Waals surface area contributed by atoms with E-state index >= 15 is 0 Å². The summed E-state index contributed by atoms with van der Waals surface area (Å²) < 4.78 is 5.38. The van der Waals surface area contributed by atoms with Crippen LogP contribution in [0.5, 0.6) is 0 Å². The molecule has 1 heterocycles. The van der Waals surface area contributed by atoms with Gasteiger partial charge in [0.2, 0.25) is 5.91 Å². The normalized spacial score (nSPS) is 32.6. The Hall–Kier alpha value is -2.46. The molecule has 0 radical (unpaired) electrons. The number of fused-ring (bicyclic) bond motifs is 3. The minimum atomic E-state index is -0.395. The number of ether oxygens (including phenoxy) is 1. The van der Waals surface area contributed by atoms with Gasteiger partial charge in [-0.15, -0.1) is 0 Å². The molecule has 2 atom stereocenters. The van der Waals surface area contributed by atoms with Crippen molar-refractivity contribution in [1.82, 2.24) is 4.90 Å². The molecule has 2 aromatic rings. The Morgan fingerprint density at radius 3 is 1.96 bits per heavy atom. The van der Waals surface area contributed by atoms with Gasteiger partial charge in [-0.2, -0.15) is 0 Å². The number of hydrogen-bond donors (Lipinski definition) is 0. The monoisotopic (exact) mass is 375 g/mol. The zero-order chi connectivity index (χ0) is 19.1. The fourth-order valence-corrected chi connectivity index (χ4v) is 5.86. The van der Waals surface area contributed by atoms with Crippen LogP contribution in [0.4, 0.5) is 0 Å².